The first-order chi connectivity index (χ1) is 12.8. The third-order valence-electron chi connectivity index (χ3n) is 4.92. The minimum atomic E-state index is 0.310. The van der Waals surface area contributed by atoms with Gasteiger partial charge in [0.25, 0.3) is 0 Å². The van der Waals surface area contributed by atoms with E-state index in [4.69, 9.17) is 19.8 Å². The maximum absolute atomic E-state index is 5.48. The quantitative estimate of drug-likeness (QED) is 0.614. The second-order valence-electron chi connectivity index (χ2n) is 6.54. The molecule has 3 aromatic heterocycles. The Labute approximate surface area is 149 Å². The van der Waals surface area contributed by atoms with Crippen molar-refractivity contribution in [2.45, 2.75) is 18.8 Å². The summed E-state index contributed by atoms with van der Waals surface area (Å²) in [5.41, 5.74) is 2.89. The van der Waals surface area contributed by atoms with Crippen LogP contribution in [0.5, 0.6) is 0 Å². The van der Waals surface area contributed by atoms with Gasteiger partial charge in [-0.2, -0.15) is 9.78 Å². The van der Waals surface area contributed by atoms with Gasteiger partial charge in [0.2, 0.25) is 5.95 Å². The number of hydrogen-bond donors (Lipinski definition) is 1. The first-order valence-electron chi connectivity index (χ1n) is 8.77. The summed E-state index contributed by atoms with van der Waals surface area (Å²) in [6.07, 6.45) is 5.47. The van der Waals surface area contributed by atoms with E-state index in [9.17, 15) is 0 Å². The van der Waals surface area contributed by atoms with Crippen LogP contribution >= 0.6 is 0 Å². The molecule has 0 spiro atoms. The van der Waals surface area contributed by atoms with Crippen LogP contribution in [0.15, 0.2) is 36.7 Å². The number of aromatic nitrogens is 7. The molecule has 8 nitrogen and oxygen atoms in total. The van der Waals surface area contributed by atoms with Crippen LogP contribution in [0.25, 0.3) is 28.4 Å². The maximum Gasteiger partial charge on any atom is 0.233 e. The van der Waals surface area contributed by atoms with Gasteiger partial charge in [-0.3, -0.25) is 5.10 Å². The van der Waals surface area contributed by atoms with E-state index < -0.39 is 0 Å². The van der Waals surface area contributed by atoms with Gasteiger partial charge in [-0.25, -0.2) is 9.97 Å². The number of hydrogen-bond acceptors (Lipinski definition) is 5. The van der Waals surface area contributed by atoms with Crippen LogP contribution in [0.1, 0.15) is 24.6 Å². The molecule has 0 atom stereocenters. The van der Waals surface area contributed by atoms with E-state index in [-0.39, 0.29) is 0 Å². The zero-order valence-electron chi connectivity index (χ0n) is 14.5. The summed E-state index contributed by atoms with van der Waals surface area (Å²) in [4.78, 5) is 9.63. The molecule has 0 amide bonds. The van der Waals surface area contributed by atoms with E-state index in [0.29, 0.717) is 5.92 Å². The molecule has 0 saturated carbocycles. The minimum absolute atomic E-state index is 0.310. The number of aryl methyl sites for hydroxylation is 1. The standard InChI is InChI=1S/C18H19N7O/c1-24-15-5-3-2-4-14(15)21-18(24)25-17(13-10-19-20-11-13)22-16(23-25)12-6-8-26-9-7-12/h2-5,10-12H,6-9H2,1H3,(H,19,20). The summed E-state index contributed by atoms with van der Waals surface area (Å²) in [7, 11) is 2.00. The lowest BCUT2D eigenvalue weighted by Crippen LogP contribution is -2.15. The fourth-order valence-electron chi connectivity index (χ4n) is 3.48. The lowest BCUT2D eigenvalue weighted by molar-refractivity contribution is 0.0836. The number of nitrogens with zero attached hydrogens (tertiary/aromatic N) is 6. The van der Waals surface area contributed by atoms with Gasteiger partial charge in [0.15, 0.2) is 11.6 Å². The molecule has 4 heterocycles. The van der Waals surface area contributed by atoms with Crippen molar-refractivity contribution >= 4 is 11.0 Å². The number of aromatic amines is 1. The van der Waals surface area contributed by atoms with Crippen LogP contribution in [0.2, 0.25) is 0 Å². The molecule has 0 unspecified atom stereocenters. The Bertz CT molecular complexity index is 1040. The zero-order chi connectivity index (χ0) is 17.5. The average Bonchev–Trinajstić information content (AvgIpc) is 3.41. The molecule has 4 aromatic rings. The monoisotopic (exact) mass is 349 g/mol. The molecule has 8 heteroatoms. The Morgan fingerprint density at radius 2 is 2.00 bits per heavy atom. The maximum atomic E-state index is 5.48. The minimum Gasteiger partial charge on any atom is -0.381 e. The number of benzene rings is 1. The number of ether oxygens (including phenoxy) is 1. The summed E-state index contributed by atoms with van der Waals surface area (Å²) < 4.78 is 9.35. The van der Waals surface area contributed by atoms with Crippen LogP contribution < -0.4 is 0 Å². The van der Waals surface area contributed by atoms with Gasteiger partial charge in [-0.05, 0) is 25.0 Å². The molecule has 0 radical (unpaired) electrons. The molecule has 1 N–H and O–H groups in total. The fourth-order valence-corrected chi connectivity index (χ4v) is 3.48. The first kappa shape index (κ1) is 15.3. The highest BCUT2D eigenvalue weighted by Crippen LogP contribution is 2.29. The van der Waals surface area contributed by atoms with Crippen molar-refractivity contribution in [1.29, 1.82) is 0 Å². The molecule has 1 aliphatic rings. The fraction of sp³-hybridized carbons (Fsp3) is 0.333. The Morgan fingerprint density at radius 1 is 1.15 bits per heavy atom. The van der Waals surface area contributed by atoms with Crippen molar-refractivity contribution in [1.82, 2.24) is 34.5 Å². The molecule has 1 aliphatic heterocycles. The molecule has 26 heavy (non-hydrogen) atoms. The molecule has 0 aliphatic carbocycles. The van der Waals surface area contributed by atoms with Gasteiger partial charge in [0, 0.05) is 32.4 Å². The van der Waals surface area contributed by atoms with Gasteiger partial charge < -0.3 is 9.30 Å². The third-order valence-corrected chi connectivity index (χ3v) is 4.92. The molecule has 132 valence electrons. The van der Waals surface area contributed by atoms with Crippen LogP contribution in [0.3, 0.4) is 0 Å². The number of nitrogens with one attached hydrogen (secondary N) is 1. The van der Waals surface area contributed by atoms with Gasteiger partial charge >= 0.3 is 0 Å². The Morgan fingerprint density at radius 3 is 2.77 bits per heavy atom. The normalized spacial score (nSPS) is 15.7. The molecule has 5 rings (SSSR count). The summed E-state index contributed by atoms with van der Waals surface area (Å²) >= 11 is 0. The number of para-hydroxylation sites is 2. The second-order valence-corrected chi connectivity index (χ2v) is 6.54. The van der Waals surface area contributed by atoms with Crippen molar-refractivity contribution < 1.29 is 4.74 Å². The van der Waals surface area contributed by atoms with E-state index >= 15 is 0 Å². The highest BCUT2D eigenvalue weighted by Gasteiger charge is 2.25. The third kappa shape index (κ3) is 2.41. The van der Waals surface area contributed by atoms with Crippen LogP contribution in [0.4, 0.5) is 0 Å². The average molecular weight is 349 g/mol. The highest BCUT2D eigenvalue weighted by molar-refractivity contribution is 5.77. The molecular weight excluding hydrogens is 330 g/mol. The van der Waals surface area contributed by atoms with Gasteiger partial charge in [-0.15, -0.1) is 5.10 Å². The highest BCUT2D eigenvalue weighted by atomic mass is 16.5. The molecule has 1 saturated heterocycles. The summed E-state index contributed by atoms with van der Waals surface area (Å²) in [5.74, 6) is 2.65. The lowest BCUT2D eigenvalue weighted by Gasteiger charge is -2.18. The van der Waals surface area contributed by atoms with Gasteiger partial charge in [-0.1, -0.05) is 12.1 Å². The number of H-pyrrole nitrogens is 1. The van der Waals surface area contributed by atoms with Crippen molar-refractivity contribution in [3.8, 4) is 17.3 Å². The number of rotatable bonds is 3. The van der Waals surface area contributed by atoms with E-state index in [0.717, 1.165) is 60.2 Å². The van der Waals surface area contributed by atoms with Crippen LogP contribution in [0, 0.1) is 0 Å². The lowest BCUT2D eigenvalue weighted by atomic mass is 10.00. The predicted octanol–water partition coefficient (Wildman–Crippen LogP) is 2.44. The first-order valence-corrected chi connectivity index (χ1v) is 8.77. The van der Waals surface area contributed by atoms with Crippen LogP contribution in [-0.4, -0.2) is 47.7 Å². The van der Waals surface area contributed by atoms with Crippen molar-refractivity contribution in [2.75, 3.05) is 13.2 Å². The zero-order valence-corrected chi connectivity index (χ0v) is 14.5. The van der Waals surface area contributed by atoms with Gasteiger partial charge in [0.1, 0.15) is 0 Å². The van der Waals surface area contributed by atoms with Crippen molar-refractivity contribution in [2.24, 2.45) is 7.05 Å². The van der Waals surface area contributed by atoms with E-state index in [1.54, 1.807) is 6.20 Å². The largest absolute Gasteiger partial charge is 0.381 e. The predicted molar refractivity (Wildman–Crippen MR) is 96.0 cm³/mol. The Hall–Kier alpha value is -3.00. The van der Waals surface area contributed by atoms with Crippen LogP contribution in [-0.2, 0) is 11.8 Å². The molecule has 0 bridgehead atoms. The molecule has 1 fully saturated rings. The second kappa shape index (κ2) is 6.06. The topological polar surface area (TPSA) is 86.4 Å². The van der Waals surface area contributed by atoms with E-state index in [1.807, 2.05) is 40.7 Å². The van der Waals surface area contributed by atoms with E-state index in [2.05, 4.69) is 16.3 Å². The summed E-state index contributed by atoms with van der Waals surface area (Å²) in [5, 5.41) is 11.8. The molecule has 1 aromatic carbocycles. The number of imidazole rings is 1. The van der Waals surface area contributed by atoms with Gasteiger partial charge in [0.05, 0.1) is 22.8 Å². The Kier molecular flexibility index (Phi) is 3.56. The van der Waals surface area contributed by atoms with Crippen molar-refractivity contribution in [3.63, 3.8) is 0 Å². The van der Waals surface area contributed by atoms with Crippen molar-refractivity contribution in [3.05, 3.63) is 42.5 Å². The van der Waals surface area contributed by atoms with E-state index in [1.165, 1.54) is 0 Å². The SMILES string of the molecule is Cn1c(-n2nc(C3CCOCC3)nc2-c2cn[nH]c2)nc2ccccc21. The Balaban J connectivity index is 1.68. The smallest absolute Gasteiger partial charge is 0.233 e. The molecular formula is C18H19N7O. The number of fused-ring (bicyclic) bond motifs is 1. The summed E-state index contributed by atoms with van der Waals surface area (Å²) in [6.45, 7) is 1.51. The summed E-state index contributed by atoms with van der Waals surface area (Å²) in [6, 6.07) is 8.07.